The molecule has 0 unspecified atom stereocenters. The van der Waals surface area contributed by atoms with Crippen LogP contribution in [-0.2, 0) is 6.18 Å². The third kappa shape index (κ3) is 4.02. The molecule has 6 nitrogen and oxygen atoms in total. The molecule has 1 heterocycles. The summed E-state index contributed by atoms with van der Waals surface area (Å²) in [4.78, 5) is 14.7. The van der Waals surface area contributed by atoms with Gasteiger partial charge >= 0.3 is 6.18 Å². The van der Waals surface area contributed by atoms with Gasteiger partial charge in [-0.05, 0) is 37.3 Å². The van der Waals surface area contributed by atoms with Crippen LogP contribution in [0.5, 0.6) is 0 Å². The molecule has 2 aromatic carbocycles. The second-order valence-electron chi connectivity index (χ2n) is 5.73. The standard InChI is InChI=1S/C18H13F3N4O2/c1-11-8-16(14-9-13(18(19,20)21)6-7-15(14)23-11)24-22-10-12-4-2-3-5-17(12)25(26)27/h2-10H,1H3,(H,23,24)/b22-10+. The molecule has 1 N–H and O–H groups in total. The molecule has 0 fully saturated rings. The molecule has 1 aromatic heterocycles. The smallest absolute Gasteiger partial charge is 0.278 e. The average molecular weight is 374 g/mol. The number of anilines is 1. The number of nitrogens with zero attached hydrogens (tertiary/aromatic N) is 3. The molecule has 0 amide bonds. The molecule has 0 bridgehead atoms. The average Bonchev–Trinajstić information content (AvgIpc) is 2.60. The van der Waals surface area contributed by atoms with E-state index in [1.807, 2.05) is 0 Å². The van der Waals surface area contributed by atoms with Crippen LogP contribution >= 0.6 is 0 Å². The Balaban J connectivity index is 1.98. The summed E-state index contributed by atoms with van der Waals surface area (Å²) in [7, 11) is 0. The number of nitro groups is 1. The largest absolute Gasteiger partial charge is 0.416 e. The van der Waals surface area contributed by atoms with E-state index in [9.17, 15) is 23.3 Å². The third-order valence-corrected chi connectivity index (χ3v) is 3.79. The highest BCUT2D eigenvalue weighted by Crippen LogP contribution is 2.33. The van der Waals surface area contributed by atoms with Gasteiger partial charge in [0, 0.05) is 17.1 Å². The number of nitrogens with one attached hydrogen (secondary N) is 1. The number of alkyl halides is 3. The second kappa shape index (κ2) is 7.02. The summed E-state index contributed by atoms with van der Waals surface area (Å²) in [5, 5.41) is 15.2. The first-order valence-electron chi connectivity index (χ1n) is 7.77. The van der Waals surface area contributed by atoms with Crippen molar-refractivity contribution in [1.82, 2.24) is 4.98 Å². The Hall–Kier alpha value is -3.49. The van der Waals surface area contributed by atoms with Crippen molar-refractivity contribution in [3.8, 4) is 0 Å². The van der Waals surface area contributed by atoms with Gasteiger partial charge in [-0.25, -0.2) is 0 Å². The molecule has 0 aliphatic heterocycles. The van der Waals surface area contributed by atoms with Crippen molar-refractivity contribution in [1.29, 1.82) is 0 Å². The fourth-order valence-electron chi connectivity index (χ4n) is 2.56. The van der Waals surface area contributed by atoms with Crippen LogP contribution in [0.1, 0.15) is 16.8 Å². The minimum absolute atomic E-state index is 0.127. The minimum atomic E-state index is -4.48. The maximum Gasteiger partial charge on any atom is 0.416 e. The molecular weight excluding hydrogens is 361 g/mol. The number of hydrogen-bond donors (Lipinski definition) is 1. The molecular formula is C18H13F3N4O2. The summed E-state index contributed by atoms with van der Waals surface area (Å²) >= 11 is 0. The number of hydrogen-bond acceptors (Lipinski definition) is 5. The molecule has 9 heteroatoms. The minimum Gasteiger partial charge on any atom is -0.278 e. The number of hydrazone groups is 1. The highest BCUT2D eigenvalue weighted by molar-refractivity contribution is 5.93. The van der Waals surface area contributed by atoms with E-state index in [0.717, 1.165) is 12.1 Å². The lowest BCUT2D eigenvalue weighted by atomic mass is 10.1. The van der Waals surface area contributed by atoms with Gasteiger partial charge < -0.3 is 0 Å². The number of nitro benzene ring substituents is 1. The van der Waals surface area contributed by atoms with Crippen LogP contribution in [0, 0.1) is 17.0 Å². The van der Waals surface area contributed by atoms with Crippen LogP contribution in [0.4, 0.5) is 24.5 Å². The number of benzene rings is 2. The number of rotatable bonds is 4. The fraction of sp³-hybridized carbons (Fsp3) is 0.111. The van der Waals surface area contributed by atoms with Gasteiger partial charge in [0.2, 0.25) is 0 Å². The van der Waals surface area contributed by atoms with E-state index in [1.165, 1.54) is 30.5 Å². The van der Waals surface area contributed by atoms with E-state index in [4.69, 9.17) is 0 Å². The molecule has 0 radical (unpaired) electrons. The lowest BCUT2D eigenvalue weighted by molar-refractivity contribution is -0.385. The third-order valence-electron chi connectivity index (χ3n) is 3.79. The number of para-hydroxylation sites is 1. The van der Waals surface area contributed by atoms with Crippen molar-refractivity contribution in [3.05, 3.63) is 75.5 Å². The first kappa shape index (κ1) is 18.3. The maximum absolute atomic E-state index is 13.0. The van der Waals surface area contributed by atoms with Crippen LogP contribution in [0.25, 0.3) is 10.9 Å². The van der Waals surface area contributed by atoms with Crippen molar-refractivity contribution < 1.29 is 18.1 Å². The summed E-state index contributed by atoms with van der Waals surface area (Å²) in [6.45, 7) is 1.70. The van der Waals surface area contributed by atoms with E-state index in [2.05, 4.69) is 15.5 Å². The number of pyridine rings is 1. The summed E-state index contributed by atoms with van der Waals surface area (Å²) in [6, 6.07) is 10.8. The Morgan fingerprint density at radius 3 is 2.63 bits per heavy atom. The Kier molecular flexibility index (Phi) is 4.76. The summed E-state index contributed by atoms with van der Waals surface area (Å²) in [5.41, 5.74) is 3.29. The maximum atomic E-state index is 13.0. The molecule has 3 rings (SSSR count). The van der Waals surface area contributed by atoms with Gasteiger partial charge in [-0.2, -0.15) is 18.3 Å². The quantitative estimate of drug-likeness (QED) is 0.399. The Morgan fingerprint density at radius 1 is 1.19 bits per heavy atom. The monoisotopic (exact) mass is 374 g/mol. The van der Waals surface area contributed by atoms with Crippen LogP contribution in [0.15, 0.2) is 53.6 Å². The lowest BCUT2D eigenvalue weighted by Crippen LogP contribution is -2.05. The van der Waals surface area contributed by atoms with Crippen molar-refractivity contribution in [2.45, 2.75) is 13.1 Å². The Labute approximate surface area is 151 Å². The van der Waals surface area contributed by atoms with Gasteiger partial charge in [-0.3, -0.25) is 20.5 Å². The van der Waals surface area contributed by atoms with Crippen molar-refractivity contribution >= 4 is 28.5 Å². The van der Waals surface area contributed by atoms with E-state index < -0.39 is 16.7 Å². The van der Waals surface area contributed by atoms with E-state index in [1.54, 1.807) is 19.1 Å². The molecule has 0 saturated carbocycles. The van der Waals surface area contributed by atoms with Crippen molar-refractivity contribution in [2.75, 3.05) is 5.43 Å². The first-order chi connectivity index (χ1) is 12.8. The normalized spacial score (nSPS) is 11.9. The molecule has 0 aliphatic rings. The van der Waals surface area contributed by atoms with Gasteiger partial charge in [0.05, 0.1) is 33.5 Å². The first-order valence-corrected chi connectivity index (χ1v) is 7.77. The van der Waals surface area contributed by atoms with Crippen LogP contribution in [-0.4, -0.2) is 16.1 Å². The molecule has 3 aromatic rings. The van der Waals surface area contributed by atoms with Crippen molar-refractivity contribution in [3.63, 3.8) is 0 Å². The number of aryl methyl sites for hydroxylation is 1. The molecule has 0 saturated heterocycles. The molecule has 138 valence electrons. The molecule has 27 heavy (non-hydrogen) atoms. The van der Waals surface area contributed by atoms with E-state index in [-0.39, 0.29) is 16.6 Å². The molecule has 0 aliphatic carbocycles. The van der Waals surface area contributed by atoms with Gasteiger partial charge in [0.1, 0.15) is 0 Å². The van der Waals surface area contributed by atoms with Crippen LogP contribution in [0.3, 0.4) is 0 Å². The summed E-state index contributed by atoms with van der Waals surface area (Å²) in [6.07, 6.45) is -3.24. The number of fused-ring (bicyclic) bond motifs is 1. The molecule has 0 spiro atoms. The number of halogens is 3. The van der Waals surface area contributed by atoms with Gasteiger partial charge in [0.15, 0.2) is 0 Å². The molecule has 0 atom stereocenters. The second-order valence-corrected chi connectivity index (χ2v) is 5.73. The predicted octanol–water partition coefficient (Wildman–Crippen LogP) is 4.92. The Bertz CT molecular complexity index is 1050. The summed E-state index contributed by atoms with van der Waals surface area (Å²) < 4.78 is 39.0. The van der Waals surface area contributed by atoms with Crippen molar-refractivity contribution in [2.24, 2.45) is 5.10 Å². The van der Waals surface area contributed by atoms with Crippen LogP contribution in [0.2, 0.25) is 0 Å². The lowest BCUT2D eigenvalue weighted by Gasteiger charge is -2.11. The zero-order chi connectivity index (χ0) is 19.6. The van der Waals surface area contributed by atoms with E-state index >= 15 is 0 Å². The predicted molar refractivity (Wildman–Crippen MR) is 95.8 cm³/mol. The van der Waals surface area contributed by atoms with E-state index in [0.29, 0.717) is 16.9 Å². The van der Waals surface area contributed by atoms with Crippen LogP contribution < -0.4 is 5.43 Å². The summed E-state index contributed by atoms with van der Waals surface area (Å²) in [5.74, 6) is 0. The van der Waals surface area contributed by atoms with Gasteiger partial charge in [0.25, 0.3) is 5.69 Å². The zero-order valence-electron chi connectivity index (χ0n) is 14.0. The highest BCUT2D eigenvalue weighted by atomic mass is 19.4. The number of aromatic nitrogens is 1. The highest BCUT2D eigenvalue weighted by Gasteiger charge is 2.30. The SMILES string of the molecule is Cc1cc(N/N=C/c2ccccc2[N+](=O)[O-])c2cc(C(F)(F)F)ccc2n1. The fourth-order valence-corrected chi connectivity index (χ4v) is 2.56. The Morgan fingerprint density at radius 2 is 1.93 bits per heavy atom. The van der Waals surface area contributed by atoms with Gasteiger partial charge in [-0.15, -0.1) is 0 Å². The zero-order valence-corrected chi connectivity index (χ0v) is 14.0. The van der Waals surface area contributed by atoms with Gasteiger partial charge in [-0.1, -0.05) is 12.1 Å². The topological polar surface area (TPSA) is 80.4 Å².